The molecule has 0 rings (SSSR count). The molecule has 4 heteroatoms. The molecule has 0 atom stereocenters. The third kappa shape index (κ3) is 7.97. The van der Waals surface area contributed by atoms with Crippen molar-refractivity contribution in [1.29, 1.82) is 0 Å². The van der Waals surface area contributed by atoms with Gasteiger partial charge >= 0.3 is 142 Å². The van der Waals surface area contributed by atoms with E-state index in [1.165, 1.54) is 38.5 Å². The van der Waals surface area contributed by atoms with Gasteiger partial charge in [-0.3, -0.25) is 0 Å². The van der Waals surface area contributed by atoms with Crippen LogP contribution in [0.1, 0.15) is 66.2 Å². The van der Waals surface area contributed by atoms with Crippen molar-refractivity contribution < 1.29 is 9.53 Å². The van der Waals surface area contributed by atoms with Crippen molar-refractivity contribution in [1.82, 2.24) is 0 Å². The minimum atomic E-state index is -2.28. The van der Waals surface area contributed by atoms with Crippen molar-refractivity contribution in [2.45, 2.75) is 66.2 Å². The molecule has 22 heavy (non-hydrogen) atoms. The van der Waals surface area contributed by atoms with Crippen LogP contribution in [0.5, 0.6) is 0 Å². The van der Waals surface area contributed by atoms with Crippen LogP contribution in [-0.4, -0.2) is 37.2 Å². The third-order valence-corrected chi connectivity index (χ3v) is 12.1. The van der Waals surface area contributed by atoms with Crippen LogP contribution in [0.2, 0.25) is 0 Å². The van der Waals surface area contributed by atoms with Crippen LogP contribution < -0.4 is 0 Å². The fourth-order valence-corrected chi connectivity index (χ4v) is 9.31. The normalized spacial score (nSPS) is 13.4. The van der Waals surface area contributed by atoms with Gasteiger partial charge < -0.3 is 0 Å². The molecule has 0 aliphatic carbocycles. The maximum atomic E-state index is 11.6. The number of ether oxygens (including phenoxy) is 1. The van der Waals surface area contributed by atoms with Crippen molar-refractivity contribution in [3.63, 3.8) is 0 Å². The van der Waals surface area contributed by atoms with E-state index in [0.717, 1.165) is 24.6 Å². The molecule has 0 aliphatic heterocycles. The molecule has 0 saturated carbocycles. The van der Waals surface area contributed by atoms with Gasteiger partial charge in [0, 0.05) is 0 Å². The number of halogens is 1. The van der Waals surface area contributed by atoms with Gasteiger partial charge in [-0.15, -0.1) is 0 Å². The molecule has 0 spiro atoms. The predicted molar refractivity (Wildman–Crippen MR) is 103 cm³/mol. The molecule has 0 aromatic carbocycles. The molecule has 0 heterocycles. The topological polar surface area (TPSA) is 26.3 Å². The van der Waals surface area contributed by atoms with Gasteiger partial charge in [-0.1, -0.05) is 0 Å². The average Bonchev–Trinajstić information content (AvgIpc) is 2.49. The molecule has 0 aromatic rings. The predicted octanol–water partition coefficient (Wildman–Crippen LogP) is 6.21. The van der Waals surface area contributed by atoms with Gasteiger partial charge in [-0.25, -0.2) is 0 Å². The molecule has 0 aliphatic rings. The van der Waals surface area contributed by atoms with Gasteiger partial charge in [-0.05, 0) is 0 Å². The number of carbonyl (C=O) groups is 1. The molecule has 2 nitrogen and oxygen atoms in total. The molecule has 0 N–H and O–H groups in total. The van der Waals surface area contributed by atoms with Gasteiger partial charge in [0.15, 0.2) is 0 Å². The van der Waals surface area contributed by atoms with E-state index in [2.05, 4.69) is 27.4 Å². The standard InChI is InChI=1S/C18H36ClO2P/c1-6-9-13-22(19,14-10-7-2,15-11-8-3)16-12-21-18(20)17(4)5/h4,6-16H2,1-3,5H3. The van der Waals surface area contributed by atoms with Crippen molar-refractivity contribution in [2.24, 2.45) is 0 Å². The Hall–Kier alpha value is -0.0700. The van der Waals surface area contributed by atoms with Crippen LogP contribution in [0.15, 0.2) is 12.2 Å². The molecule has 132 valence electrons. The first-order chi connectivity index (χ1) is 10.3. The summed E-state index contributed by atoms with van der Waals surface area (Å²) in [5.74, 6) is -2.57. The molecule has 0 fully saturated rings. The molecular weight excluding hydrogens is 315 g/mol. The quantitative estimate of drug-likeness (QED) is 0.224. The summed E-state index contributed by atoms with van der Waals surface area (Å²) in [5, 5.41) is 0. The molecule has 0 bridgehead atoms. The van der Waals surface area contributed by atoms with E-state index >= 15 is 0 Å². The van der Waals surface area contributed by atoms with Crippen LogP contribution in [0.25, 0.3) is 0 Å². The van der Waals surface area contributed by atoms with Crippen LogP contribution in [0, 0.1) is 0 Å². The van der Waals surface area contributed by atoms with Crippen molar-refractivity contribution in [3.05, 3.63) is 12.2 Å². The fraction of sp³-hybridized carbons (Fsp3) is 0.833. The molecule has 0 saturated heterocycles. The van der Waals surface area contributed by atoms with E-state index in [1.54, 1.807) is 6.92 Å². The summed E-state index contributed by atoms with van der Waals surface area (Å²) in [6.07, 6.45) is 11.3. The van der Waals surface area contributed by atoms with E-state index in [4.69, 9.17) is 16.0 Å². The average molecular weight is 351 g/mol. The zero-order chi connectivity index (χ0) is 17.1. The Labute approximate surface area is 142 Å². The number of esters is 1. The Morgan fingerprint density at radius 2 is 1.36 bits per heavy atom. The van der Waals surface area contributed by atoms with Gasteiger partial charge in [-0.2, -0.15) is 0 Å². The van der Waals surface area contributed by atoms with Gasteiger partial charge in [0.05, 0.1) is 0 Å². The van der Waals surface area contributed by atoms with Crippen LogP contribution in [0.4, 0.5) is 0 Å². The minimum absolute atomic E-state index is 0.289. The Morgan fingerprint density at radius 3 is 1.68 bits per heavy atom. The first kappa shape index (κ1) is 21.9. The summed E-state index contributed by atoms with van der Waals surface area (Å²) in [7, 11) is 0. The third-order valence-electron chi connectivity index (χ3n) is 4.44. The summed E-state index contributed by atoms with van der Waals surface area (Å²) in [6, 6.07) is 0. The van der Waals surface area contributed by atoms with E-state index in [0.29, 0.717) is 12.2 Å². The SMILES string of the molecule is C=C(C)C(=O)OCCP(Cl)(CCCC)(CCCC)CCCC. The molecular formula is C18H36ClO2P. The van der Waals surface area contributed by atoms with E-state index < -0.39 is 5.96 Å². The number of carbonyl (C=O) groups excluding carboxylic acids is 1. The number of hydrogen-bond donors (Lipinski definition) is 0. The summed E-state index contributed by atoms with van der Waals surface area (Å²) < 4.78 is 5.37. The number of rotatable bonds is 13. The number of unbranched alkanes of at least 4 members (excludes halogenated alkanes) is 3. The summed E-state index contributed by atoms with van der Waals surface area (Å²) in [6.45, 7) is 12.4. The molecule has 0 radical (unpaired) electrons. The second-order valence-electron chi connectivity index (χ2n) is 6.69. The fourth-order valence-electron chi connectivity index (χ4n) is 2.82. The monoisotopic (exact) mass is 350 g/mol. The van der Waals surface area contributed by atoms with Crippen LogP contribution in [0.3, 0.4) is 0 Å². The van der Waals surface area contributed by atoms with Crippen LogP contribution in [-0.2, 0) is 9.53 Å². The molecule has 0 aromatic heterocycles. The van der Waals surface area contributed by atoms with Gasteiger partial charge in [0.25, 0.3) is 0 Å². The Bertz CT molecular complexity index is 330. The van der Waals surface area contributed by atoms with E-state index in [9.17, 15) is 4.79 Å². The maximum absolute atomic E-state index is 11.6. The van der Waals surface area contributed by atoms with Crippen molar-refractivity contribution >= 4 is 23.2 Å². The van der Waals surface area contributed by atoms with Crippen molar-refractivity contribution in [3.8, 4) is 0 Å². The summed E-state index contributed by atoms with van der Waals surface area (Å²) in [4.78, 5) is 11.6. The van der Waals surface area contributed by atoms with Gasteiger partial charge in [0.2, 0.25) is 0 Å². The number of hydrogen-bond acceptors (Lipinski definition) is 2. The first-order valence-electron chi connectivity index (χ1n) is 8.86. The second kappa shape index (κ2) is 10.7. The first-order valence-corrected chi connectivity index (χ1v) is 12.7. The second-order valence-corrected chi connectivity index (χ2v) is 15.0. The van der Waals surface area contributed by atoms with E-state index in [1.807, 2.05) is 0 Å². The van der Waals surface area contributed by atoms with Gasteiger partial charge in [0.1, 0.15) is 0 Å². The molecule has 0 unspecified atom stereocenters. The Balaban J connectivity index is 4.97. The zero-order valence-corrected chi connectivity index (χ0v) is 16.8. The molecule has 0 amide bonds. The Morgan fingerprint density at radius 1 is 0.955 bits per heavy atom. The summed E-state index contributed by atoms with van der Waals surface area (Å²) in [5.41, 5.74) is 0.463. The van der Waals surface area contributed by atoms with Crippen LogP contribution >= 0.6 is 17.2 Å². The van der Waals surface area contributed by atoms with E-state index in [-0.39, 0.29) is 5.97 Å². The summed E-state index contributed by atoms with van der Waals surface area (Å²) >= 11 is 7.41. The Kier molecular flexibility index (Phi) is 10.6. The van der Waals surface area contributed by atoms with Crippen molar-refractivity contribution in [2.75, 3.05) is 31.3 Å². The zero-order valence-electron chi connectivity index (χ0n) is 15.1.